The highest BCUT2D eigenvalue weighted by atomic mass is 16.2. The summed E-state index contributed by atoms with van der Waals surface area (Å²) in [6.07, 6.45) is 3.38. The maximum atomic E-state index is 13.2. The summed E-state index contributed by atoms with van der Waals surface area (Å²) in [4.78, 5) is 58.7. The van der Waals surface area contributed by atoms with Gasteiger partial charge in [-0.15, -0.1) is 0 Å². The van der Waals surface area contributed by atoms with E-state index < -0.39 is 29.7 Å². The lowest BCUT2D eigenvalue weighted by atomic mass is 9.88. The standard InChI is InChI=1S/C25H40N6O4/c1-4-20(32)14-18(13-19-8-5-6-10-29-19)24(35)31-21(9-7-11-30-25(27)28)22(33)15-17(23(26)34)12-16(2)3/h5-6,8,10,16-18,21H,4,7,9,11-15H2,1-3H3,(H2,26,34)(H,31,35)(H4,27,28,30)/t17-,18+,21+/m1/s1. The van der Waals surface area contributed by atoms with E-state index in [1.54, 1.807) is 25.3 Å². The van der Waals surface area contributed by atoms with Gasteiger partial charge in [0, 0.05) is 50.0 Å². The van der Waals surface area contributed by atoms with Crippen LogP contribution in [0.1, 0.15) is 65.0 Å². The molecule has 1 rings (SSSR count). The van der Waals surface area contributed by atoms with Gasteiger partial charge in [-0.25, -0.2) is 0 Å². The number of guanidine groups is 1. The molecule has 10 nitrogen and oxygen atoms in total. The highest BCUT2D eigenvalue weighted by Gasteiger charge is 2.30. The Hall–Kier alpha value is -3.30. The van der Waals surface area contributed by atoms with Gasteiger partial charge in [0.05, 0.1) is 12.0 Å². The number of nitrogens with one attached hydrogen (secondary N) is 1. The van der Waals surface area contributed by atoms with Crippen molar-refractivity contribution in [2.75, 3.05) is 6.54 Å². The van der Waals surface area contributed by atoms with E-state index in [4.69, 9.17) is 17.2 Å². The van der Waals surface area contributed by atoms with E-state index in [1.165, 1.54) is 0 Å². The van der Waals surface area contributed by atoms with Crippen LogP contribution >= 0.6 is 0 Å². The third kappa shape index (κ3) is 12.1. The Morgan fingerprint density at radius 2 is 1.77 bits per heavy atom. The normalized spacial score (nSPS) is 13.5. The average Bonchev–Trinajstić information content (AvgIpc) is 2.79. The minimum absolute atomic E-state index is 0.0467. The molecule has 194 valence electrons. The number of carbonyl (C=O) groups is 4. The van der Waals surface area contributed by atoms with Crippen molar-refractivity contribution in [3.05, 3.63) is 30.1 Å². The van der Waals surface area contributed by atoms with Crippen molar-refractivity contribution in [3.8, 4) is 0 Å². The largest absolute Gasteiger partial charge is 0.370 e. The lowest BCUT2D eigenvalue weighted by Crippen LogP contribution is -2.45. The monoisotopic (exact) mass is 488 g/mol. The van der Waals surface area contributed by atoms with Gasteiger partial charge >= 0.3 is 0 Å². The molecule has 1 heterocycles. The Morgan fingerprint density at radius 3 is 2.31 bits per heavy atom. The minimum atomic E-state index is -0.853. The number of nitrogens with zero attached hydrogens (tertiary/aromatic N) is 2. The molecular formula is C25H40N6O4. The molecular weight excluding hydrogens is 448 g/mol. The van der Waals surface area contributed by atoms with Crippen molar-refractivity contribution in [2.24, 2.45) is 39.9 Å². The molecule has 0 spiro atoms. The Morgan fingerprint density at radius 1 is 1.06 bits per heavy atom. The second kappa shape index (κ2) is 15.6. The van der Waals surface area contributed by atoms with E-state index in [1.807, 2.05) is 19.9 Å². The van der Waals surface area contributed by atoms with Gasteiger partial charge in [-0.2, -0.15) is 0 Å². The van der Waals surface area contributed by atoms with E-state index in [9.17, 15) is 19.2 Å². The third-order valence-corrected chi connectivity index (χ3v) is 5.68. The molecule has 3 atom stereocenters. The first kappa shape index (κ1) is 29.7. The van der Waals surface area contributed by atoms with Gasteiger partial charge in [0.25, 0.3) is 0 Å². The Labute approximate surface area is 207 Å². The predicted molar refractivity (Wildman–Crippen MR) is 135 cm³/mol. The zero-order valence-electron chi connectivity index (χ0n) is 21.0. The van der Waals surface area contributed by atoms with Crippen LogP contribution in [0.15, 0.2) is 29.4 Å². The van der Waals surface area contributed by atoms with E-state index in [2.05, 4.69) is 15.3 Å². The van der Waals surface area contributed by atoms with Crippen LogP contribution in [-0.2, 0) is 25.6 Å². The number of pyridine rings is 1. The van der Waals surface area contributed by atoms with E-state index in [0.717, 1.165) is 0 Å². The second-order valence-electron chi connectivity index (χ2n) is 9.23. The molecule has 0 saturated heterocycles. The number of hydrogen-bond acceptors (Lipinski definition) is 6. The fourth-order valence-corrected chi connectivity index (χ4v) is 3.81. The molecule has 7 N–H and O–H groups in total. The van der Waals surface area contributed by atoms with Crippen molar-refractivity contribution < 1.29 is 19.2 Å². The van der Waals surface area contributed by atoms with Gasteiger partial charge in [0.2, 0.25) is 11.8 Å². The Bertz CT molecular complexity index is 868. The summed E-state index contributed by atoms with van der Waals surface area (Å²) in [5, 5.41) is 2.82. The number of Topliss-reactive ketones (excluding diaryl/α,β-unsaturated/α-hetero) is 2. The summed E-state index contributed by atoms with van der Waals surface area (Å²) in [5.41, 5.74) is 16.9. The van der Waals surface area contributed by atoms with Crippen molar-refractivity contribution in [2.45, 2.75) is 71.8 Å². The molecule has 0 radical (unpaired) electrons. The van der Waals surface area contributed by atoms with Gasteiger partial charge in [0.1, 0.15) is 5.78 Å². The van der Waals surface area contributed by atoms with Gasteiger partial charge in [-0.3, -0.25) is 29.2 Å². The number of aliphatic imine (C=N–C) groups is 1. The molecule has 0 unspecified atom stereocenters. The molecule has 0 aliphatic rings. The topological polar surface area (TPSA) is 184 Å². The van der Waals surface area contributed by atoms with E-state index >= 15 is 0 Å². The summed E-state index contributed by atoms with van der Waals surface area (Å²) in [5.74, 6) is -2.46. The second-order valence-corrected chi connectivity index (χ2v) is 9.23. The van der Waals surface area contributed by atoms with E-state index in [-0.39, 0.29) is 49.1 Å². The van der Waals surface area contributed by atoms with Gasteiger partial charge in [0.15, 0.2) is 11.7 Å². The molecule has 0 saturated carbocycles. The summed E-state index contributed by atoms with van der Waals surface area (Å²) in [6.45, 7) is 5.93. The van der Waals surface area contributed by atoms with Crippen molar-refractivity contribution in [1.82, 2.24) is 10.3 Å². The van der Waals surface area contributed by atoms with Crippen molar-refractivity contribution in [1.29, 1.82) is 0 Å². The van der Waals surface area contributed by atoms with Crippen molar-refractivity contribution >= 4 is 29.3 Å². The quantitative estimate of drug-likeness (QED) is 0.144. The van der Waals surface area contributed by atoms with Crippen LogP contribution in [0.2, 0.25) is 0 Å². The fourth-order valence-electron chi connectivity index (χ4n) is 3.81. The average molecular weight is 489 g/mol. The lowest BCUT2D eigenvalue weighted by molar-refractivity contribution is -0.133. The molecule has 0 aromatic carbocycles. The van der Waals surface area contributed by atoms with Crippen LogP contribution in [-0.4, -0.2) is 46.9 Å². The number of nitrogens with two attached hydrogens (primary N) is 3. The van der Waals surface area contributed by atoms with Gasteiger partial charge in [-0.1, -0.05) is 26.8 Å². The first-order chi connectivity index (χ1) is 16.5. The molecule has 2 amide bonds. The molecule has 0 fully saturated rings. The van der Waals surface area contributed by atoms with Crippen LogP contribution in [0.3, 0.4) is 0 Å². The van der Waals surface area contributed by atoms with Crippen LogP contribution in [0, 0.1) is 17.8 Å². The van der Waals surface area contributed by atoms with Crippen molar-refractivity contribution in [3.63, 3.8) is 0 Å². The number of primary amides is 1. The zero-order chi connectivity index (χ0) is 26.4. The summed E-state index contributed by atoms with van der Waals surface area (Å²) in [7, 11) is 0. The number of ketones is 2. The number of rotatable bonds is 17. The van der Waals surface area contributed by atoms with Crippen LogP contribution in [0.4, 0.5) is 0 Å². The molecule has 1 aromatic rings. The molecule has 1 aromatic heterocycles. The SMILES string of the molecule is CCC(=O)C[C@H](Cc1ccccn1)C(=O)N[C@@H](CCCN=C(N)N)C(=O)C[C@@H](CC(C)C)C(N)=O. The Kier molecular flexibility index (Phi) is 13.2. The first-order valence-electron chi connectivity index (χ1n) is 12.1. The highest BCUT2D eigenvalue weighted by Crippen LogP contribution is 2.19. The molecule has 35 heavy (non-hydrogen) atoms. The Balaban J connectivity index is 3.05. The van der Waals surface area contributed by atoms with Crippen LogP contribution in [0.25, 0.3) is 0 Å². The maximum absolute atomic E-state index is 13.2. The maximum Gasteiger partial charge on any atom is 0.224 e. The molecule has 0 aliphatic heterocycles. The van der Waals surface area contributed by atoms with Crippen LogP contribution < -0.4 is 22.5 Å². The van der Waals surface area contributed by atoms with Gasteiger partial charge in [-0.05, 0) is 37.3 Å². The van der Waals surface area contributed by atoms with E-state index in [0.29, 0.717) is 31.5 Å². The fraction of sp³-hybridized carbons (Fsp3) is 0.600. The number of amides is 2. The molecule has 0 bridgehead atoms. The summed E-state index contributed by atoms with van der Waals surface area (Å²) < 4.78 is 0. The number of aromatic nitrogens is 1. The molecule has 10 heteroatoms. The number of carbonyl (C=O) groups excluding carboxylic acids is 4. The van der Waals surface area contributed by atoms with Gasteiger partial charge < -0.3 is 22.5 Å². The number of hydrogen-bond donors (Lipinski definition) is 4. The first-order valence-corrected chi connectivity index (χ1v) is 12.1. The summed E-state index contributed by atoms with van der Waals surface area (Å²) in [6, 6.07) is 4.52. The molecule has 0 aliphatic carbocycles. The minimum Gasteiger partial charge on any atom is -0.370 e. The smallest absolute Gasteiger partial charge is 0.224 e. The summed E-state index contributed by atoms with van der Waals surface area (Å²) >= 11 is 0. The lowest BCUT2D eigenvalue weighted by Gasteiger charge is -2.23. The zero-order valence-corrected chi connectivity index (χ0v) is 21.0. The third-order valence-electron chi connectivity index (χ3n) is 5.68. The van der Waals surface area contributed by atoms with Crippen LogP contribution in [0.5, 0.6) is 0 Å². The highest BCUT2D eigenvalue weighted by molar-refractivity contribution is 5.93. The predicted octanol–water partition coefficient (Wildman–Crippen LogP) is 1.25.